The zero-order valence-corrected chi connectivity index (χ0v) is 15.9. The summed E-state index contributed by atoms with van der Waals surface area (Å²) in [6, 6.07) is 5.08. The van der Waals surface area contributed by atoms with Crippen LogP contribution in [0.15, 0.2) is 18.2 Å². The van der Waals surface area contributed by atoms with E-state index in [0.717, 1.165) is 11.8 Å². The Labute approximate surface area is 148 Å². The molecule has 0 saturated heterocycles. The highest BCUT2D eigenvalue weighted by Gasteiger charge is 2.22. The van der Waals surface area contributed by atoms with Crippen LogP contribution in [-0.2, 0) is 21.2 Å². The molecule has 1 aromatic carbocycles. The quantitative estimate of drug-likeness (QED) is 0.696. The summed E-state index contributed by atoms with van der Waals surface area (Å²) in [5.41, 5.74) is 0.792. The van der Waals surface area contributed by atoms with Crippen molar-refractivity contribution in [2.75, 3.05) is 32.4 Å². The molecule has 0 fully saturated rings. The number of likely N-dealkylation sites (N-methyl/N-ethyl adjacent to an activating group) is 1. The van der Waals surface area contributed by atoms with Gasteiger partial charge in [0.2, 0.25) is 15.9 Å². The molecule has 23 heavy (non-hydrogen) atoms. The summed E-state index contributed by atoms with van der Waals surface area (Å²) in [5.74, 6) is -0.206. The summed E-state index contributed by atoms with van der Waals surface area (Å²) in [4.78, 5) is 13.8. The summed E-state index contributed by atoms with van der Waals surface area (Å²) < 4.78 is 25.0. The third kappa shape index (κ3) is 6.30. The van der Waals surface area contributed by atoms with Crippen molar-refractivity contribution in [1.29, 1.82) is 0 Å². The van der Waals surface area contributed by atoms with E-state index >= 15 is 0 Å². The third-order valence-electron chi connectivity index (χ3n) is 3.54. The van der Waals surface area contributed by atoms with Crippen molar-refractivity contribution in [3.05, 3.63) is 33.8 Å². The minimum absolute atomic E-state index is 0.161. The van der Waals surface area contributed by atoms with Crippen molar-refractivity contribution >= 4 is 39.1 Å². The van der Waals surface area contributed by atoms with Crippen LogP contribution in [0.25, 0.3) is 0 Å². The lowest BCUT2D eigenvalue weighted by Crippen LogP contribution is -2.43. The molecule has 0 aromatic heterocycles. The molecule has 0 aliphatic carbocycles. The highest BCUT2D eigenvalue weighted by molar-refractivity contribution is 7.88. The summed E-state index contributed by atoms with van der Waals surface area (Å²) in [6.07, 6.45) is 1.51. The van der Waals surface area contributed by atoms with Gasteiger partial charge in [-0.3, -0.25) is 4.79 Å². The van der Waals surface area contributed by atoms with E-state index in [0.29, 0.717) is 29.6 Å². The van der Waals surface area contributed by atoms with Crippen LogP contribution in [-0.4, -0.2) is 56.0 Å². The van der Waals surface area contributed by atoms with E-state index in [9.17, 15) is 13.2 Å². The van der Waals surface area contributed by atoms with Crippen molar-refractivity contribution < 1.29 is 13.2 Å². The Hall–Kier alpha value is -0.820. The second-order valence-electron chi connectivity index (χ2n) is 5.15. The second kappa shape index (κ2) is 8.87. The van der Waals surface area contributed by atoms with E-state index in [1.165, 1.54) is 4.31 Å². The molecule has 0 saturated carbocycles. The maximum Gasteiger partial charge on any atom is 0.237 e. The Morgan fingerprint density at radius 1 is 1.17 bits per heavy atom. The van der Waals surface area contributed by atoms with Gasteiger partial charge in [0, 0.05) is 29.7 Å². The molecule has 0 unspecified atom stereocenters. The van der Waals surface area contributed by atoms with Gasteiger partial charge in [-0.15, -0.1) is 0 Å². The molecule has 1 rings (SSSR count). The van der Waals surface area contributed by atoms with E-state index < -0.39 is 10.0 Å². The van der Waals surface area contributed by atoms with E-state index in [1.807, 2.05) is 13.8 Å². The number of benzene rings is 1. The topological polar surface area (TPSA) is 57.7 Å². The smallest absolute Gasteiger partial charge is 0.237 e. The Morgan fingerprint density at radius 3 is 2.26 bits per heavy atom. The first-order valence-corrected chi connectivity index (χ1v) is 9.96. The lowest BCUT2D eigenvalue weighted by molar-refractivity contribution is -0.131. The van der Waals surface area contributed by atoms with Gasteiger partial charge < -0.3 is 4.90 Å². The van der Waals surface area contributed by atoms with Gasteiger partial charge in [0.25, 0.3) is 0 Å². The molecule has 0 atom stereocenters. The minimum atomic E-state index is -3.48. The molecule has 0 N–H and O–H groups in total. The summed E-state index contributed by atoms with van der Waals surface area (Å²) in [5, 5.41) is 1.01. The lowest BCUT2D eigenvalue weighted by Gasteiger charge is -2.24. The average Bonchev–Trinajstić information content (AvgIpc) is 2.45. The summed E-state index contributed by atoms with van der Waals surface area (Å²) >= 11 is 11.9. The first-order chi connectivity index (χ1) is 10.7. The molecule has 0 spiro atoms. The molecule has 0 heterocycles. The first kappa shape index (κ1) is 20.2. The van der Waals surface area contributed by atoms with Gasteiger partial charge in [0.05, 0.1) is 12.8 Å². The number of carbonyl (C=O) groups excluding carboxylic acids is 1. The number of hydrogen-bond acceptors (Lipinski definition) is 3. The van der Waals surface area contributed by atoms with Crippen LogP contribution in [0.5, 0.6) is 0 Å². The van der Waals surface area contributed by atoms with Gasteiger partial charge in [-0.1, -0.05) is 29.3 Å². The average molecular weight is 381 g/mol. The maximum atomic E-state index is 12.2. The number of amides is 1. The minimum Gasteiger partial charge on any atom is -0.342 e. The van der Waals surface area contributed by atoms with E-state index in [4.69, 9.17) is 23.2 Å². The molecular formula is C15H22Cl2N2O3S. The van der Waals surface area contributed by atoms with Gasteiger partial charge in [0.15, 0.2) is 0 Å². The normalized spacial score (nSPS) is 11.7. The molecule has 1 amide bonds. The maximum absolute atomic E-state index is 12.2. The van der Waals surface area contributed by atoms with Crippen LogP contribution in [0.3, 0.4) is 0 Å². The Balaban J connectivity index is 2.82. The van der Waals surface area contributed by atoms with Crippen molar-refractivity contribution in [1.82, 2.24) is 9.21 Å². The fourth-order valence-corrected chi connectivity index (χ4v) is 3.43. The van der Waals surface area contributed by atoms with Crippen molar-refractivity contribution in [3.8, 4) is 0 Å². The molecule has 1 aromatic rings. The number of halogens is 2. The van der Waals surface area contributed by atoms with Crippen LogP contribution in [0.2, 0.25) is 10.0 Å². The summed E-state index contributed by atoms with van der Waals surface area (Å²) in [7, 11) is -3.48. The van der Waals surface area contributed by atoms with Gasteiger partial charge in [-0.2, -0.15) is 4.31 Å². The van der Waals surface area contributed by atoms with Crippen LogP contribution in [0.4, 0.5) is 0 Å². The van der Waals surface area contributed by atoms with Crippen molar-refractivity contribution in [3.63, 3.8) is 0 Å². The fourth-order valence-electron chi connectivity index (χ4n) is 2.16. The molecule has 0 bridgehead atoms. The zero-order valence-electron chi connectivity index (χ0n) is 13.6. The number of rotatable bonds is 8. The largest absolute Gasteiger partial charge is 0.342 e. The first-order valence-electron chi connectivity index (χ1n) is 7.35. The Kier molecular flexibility index (Phi) is 7.80. The number of carbonyl (C=O) groups is 1. The molecule has 5 nitrogen and oxygen atoms in total. The van der Waals surface area contributed by atoms with E-state index in [1.54, 1.807) is 23.1 Å². The lowest BCUT2D eigenvalue weighted by atomic mass is 10.1. The van der Waals surface area contributed by atoms with E-state index in [-0.39, 0.29) is 19.0 Å². The molecule has 8 heteroatoms. The van der Waals surface area contributed by atoms with Crippen molar-refractivity contribution in [2.45, 2.75) is 20.3 Å². The predicted molar refractivity (Wildman–Crippen MR) is 94.5 cm³/mol. The standard InChI is InChI=1S/C15H22Cl2N2O3S/c1-4-18(5-2)15(20)11-19(23(3,21)22)9-8-12-6-7-13(16)10-14(12)17/h6-7,10H,4-5,8-9,11H2,1-3H3. The Bertz CT molecular complexity index is 646. The van der Waals surface area contributed by atoms with Crippen LogP contribution in [0.1, 0.15) is 19.4 Å². The fraction of sp³-hybridized carbons (Fsp3) is 0.533. The molecule has 130 valence electrons. The molecule has 0 radical (unpaired) electrons. The van der Waals surface area contributed by atoms with Crippen LogP contribution < -0.4 is 0 Å². The van der Waals surface area contributed by atoms with E-state index in [2.05, 4.69) is 0 Å². The zero-order chi connectivity index (χ0) is 17.6. The highest BCUT2D eigenvalue weighted by atomic mass is 35.5. The second-order valence-corrected chi connectivity index (χ2v) is 7.97. The predicted octanol–water partition coefficient (Wildman–Crippen LogP) is 2.67. The third-order valence-corrected chi connectivity index (χ3v) is 5.38. The van der Waals surface area contributed by atoms with Crippen LogP contribution >= 0.6 is 23.2 Å². The number of hydrogen-bond donors (Lipinski definition) is 0. The number of sulfonamides is 1. The SMILES string of the molecule is CCN(CC)C(=O)CN(CCc1ccc(Cl)cc1Cl)S(C)(=O)=O. The van der Waals surface area contributed by atoms with Crippen molar-refractivity contribution in [2.24, 2.45) is 0 Å². The molecule has 0 aliphatic heterocycles. The van der Waals surface area contributed by atoms with Gasteiger partial charge in [-0.25, -0.2) is 8.42 Å². The highest BCUT2D eigenvalue weighted by Crippen LogP contribution is 2.21. The molecule has 0 aliphatic rings. The van der Waals surface area contributed by atoms with Gasteiger partial charge in [0.1, 0.15) is 0 Å². The summed E-state index contributed by atoms with van der Waals surface area (Å²) in [6.45, 7) is 4.85. The molecular weight excluding hydrogens is 359 g/mol. The van der Waals surface area contributed by atoms with Gasteiger partial charge in [-0.05, 0) is 38.0 Å². The van der Waals surface area contributed by atoms with Crippen LogP contribution in [0, 0.1) is 0 Å². The number of nitrogens with zero attached hydrogens (tertiary/aromatic N) is 2. The monoisotopic (exact) mass is 380 g/mol. The van der Waals surface area contributed by atoms with Gasteiger partial charge >= 0.3 is 0 Å². The Morgan fingerprint density at radius 2 is 1.78 bits per heavy atom.